The van der Waals surface area contributed by atoms with Gasteiger partial charge < -0.3 is 10.0 Å². The molecule has 1 N–H and O–H groups in total. The van der Waals surface area contributed by atoms with Crippen molar-refractivity contribution in [1.82, 2.24) is 9.88 Å². The fourth-order valence-electron chi connectivity index (χ4n) is 4.76. The van der Waals surface area contributed by atoms with E-state index in [1.54, 1.807) is 6.20 Å². The SMILES string of the molecule is O=C(O)[C@H]1C[C@@H]1c1ccc(-c2ccc(CN(CCc3ccccn3)C(=O)C3CCC3)cc2)cc1. The lowest BCUT2D eigenvalue weighted by Crippen LogP contribution is -2.39. The van der Waals surface area contributed by atoms with E-state index in [0.29, 0.717) is 13.1 Å². The monoisotopic (exact) mass is 454 g/mol. The third-order valence-corrected chi connectivity index (χ3v) is 7.24. The molecule has 2 aliphatic rings. The van der Waals surface area contributed by atoms with E-state index in [-0.39, 0.29) is 23.7 Å². The molecular weight excluding hydrogens is 424 g/mol. The Balaban J connectivity index is 1.24. The predicted octanol–water partition coefficient (Wildman–Crippen LogP) is 5.31. The summed E-state index contributed by atoms with van der Waals surface area (Å²) in [5.74, 6) is -0.336. The Kier molecular flexibility index (Phi) is 6.43. The summed E-state index contributed by atoms with van der Waals surface area (Å²) in [7, 11) is 0. The van der Waals surface area contributed by atoms with Gasteiger partial charge >= 0.3 is 5.97 Å². The minimum Gasteiger partial charge on any atom is -0.481 e. The molecule has 1 aromatic heterocycles. The molecule has 0 radical (unpaired) electrons. The lowest BCUT2D eigenvalue weighted by atomic mass is 9.84. The van der Waals surface area contributed by atoms with Crippen LogP contribution >= 0.6 is 0 Å². The number of hydrogen-bond donors (Lipinski definition) is 1. The molecule has 2 fully saturated rings. The van der Waals surface area contributed by atoms with Crippen LogP contribution in [0, 0.1) is 11.8 Å². The predicted molar refractivity (Wildman–Crippen MR) is 131 cm³/mol. The van der Waals surface area contributed by atoms with Crippen LogP contribution in [0.5, 0.6) is 0 Å². The van der Waals surface area contributed by atoms with Gasteiger partial charge in [-0.15, -0.1) is 0 Å². The molecule has 2 aromatic carbocycles. The molecular formula is C29H30N2O3. The standard InChI is InChI=1S/C29H30N2O3/c32-28(24-4-3-5-24)31(17-15-25-6-1-2-16-30-25)19-20-7-9-21(10-8-20)22-11-13-23(14-12-22)26-18-27(26)29(33)34/h1-2,6-14,16,24,26-27H,3-5,15,17-19H2,(H,33,34)/t26-,27+/m1/s1. The number of amides is 1. The van der Waals surface area contributed by atoms with Crippen LogP contribution in [0.25, 0.3) is 11.1 Å². The molecule has 0 aliphatic heterocycles. The highest BCUT2D eigenvalue weighted by Gasteiger charge is 2.44. The summed E-state index contributed by atoms with van der Waals surface area (Å²) in [6.07, 6.45) is 6.45. The van der Waals surface area contributed by atoms with Crippen molar-refractivity contribution in [3.63, 3.8) is 0 Å². The van der Waals surface area contributed by atoms with Gasteiger partial charge in [-0.1, -0.05) is 61.0 Å². The van der Waals surface area contributed by atoms with Gasteiger partial charge in [-0.05, 0) is 59.6 Å². The van der Waals surface area contributed by atoms with Crippen molar-refractivity contribution in [2.75, 3.05) is 6.54 Å². The van der Waals surface area contributed by atoms with Crippen LogP contribution in [0.4, 0.5) is 0 Å². The van der Waals surface area contributed by atoms with Crippen LogP contribution in [0.2, 0.25) is 0 Å². The first kappa shape index (κ1) is 22.3. The highest BCUT2D eigenvalue weighted by atomic mass is 16.4. The van der Waals surface area contributed by atoms with Gasteiger partial charge in [-0.25, -0.2) is 0 Å². The molecule has 174 valence electrons. The average Bonchev–Trinajstić information content (AvgIpc) is 3.63. The molecule has 1 heterocycles. The molecule has 34 heavy (non-hydrogen) atoms. The van der Waals surface area contributed by atoms with Crippen LogP contribution in [0.1, 0.15) is 48.4 Å². The van der Waals surface area contributed by atoms with Gasteiger partial charge in [0.25, 0.3) is 0 Å². The summed E-state index contributed by atoms with van der Waals surface area (Å²) in [5.41, 5.74) is 5.46. The summed E-state index contributed by atoms with van der Waals surface area (Å²) in [6, 6.07) is 22.6. The van der Waals surface area contributed by atoms with Crippen LogP contribution in [0.3, 0.4) is 0 Å². The molecule has 5 nitrogen and oxygen atoms in total. The van der Waals surface area contributed by atoms with Crippen LogP contribution in [0.15, 0.2) is 72.9 Å². The highest BCUT2D eigenvalue weighted by Crippen LogP contribution is 2.47. The van der Waals surface area contributed by atoms with E-state index in [1.165, 1.54) is 0 Å². The maximum absolute atomic E-state index is 13.1. The van der Waals surface area contributed by atoms with Crippen molar-refractivity contribution in [2.45, 2.75) is 44.6 Å². The lowest BCUT2D eigenvalue weighted by molar-refractivity contribution is -0.139. The van der Waals surface area contributed by atoms with Crippen molar-refractivity contribution < 1.29 is 14.7 Å². The van der Waals surface area contributed by atoms with E-state index in [0.717, 1.165) is 60.1 Å². The molecule has 1 amide bonds. The third kappa shape index (κ3) is 5.04. The Labute approximate surface area is 200 Å². The molecule has 3 aromatic rings. The minimum atomic E-state index is -0.700. The van der Waals surface area contributed by atoms with Crippen molar-refractivity contribution in [1.29, 1.82) is 0 Å². The number of aliphatic carboxylic acids is 1. The molecule has 0 spiro atoms. The van der Waals surface area contributed by atoms with Crippen molar-refractivity contribution in [3.05, 3.63) is 89.7 Å². The summed E-state index contributed by atoms with van der Waals surface area (Å²) < 4.78 is 0. The number of carboxylic acids is 1. The number of nitrogens with zero attached hydrogens (tertiary/aromatic N) is 2. The molecule has 2 saturated carbocycles. The Hall–Kier alpha value is -3.47. The largest absolute Gasteiger partial charge is 0.481 e. The number of hydrogen-bond acceptors (Lipinski definition) is 3. The van der Waals surface area contributed by atoms with E-state index < -0.39 is 5.97 Å². The first-order valence-corrected chi connectivity index (χ1v) is 12.2. The van der Waals surface area contributed by atoms with Gasteiger partial charge in [-0.2, -0.15) is 0 Å². The quantitative estimate of drug-likeness (QED) is 0.476. The summed E-state index contributed by atoms with van der Waals surface area (Å²) in [6.45, 7) is 1.29. The zero-order valence-corrected chi connectivity index (χ0v) is 19.3. The first-order valence-electron chi connectivity index (χ1n) is 12.2. The Morgan fingerprint density at radius 1 is 0.941 bits per heavy atom. The lowest BCUT2D eigenvalue weighted by Gasteiger charge is -2.32. The molecule has 0 bridgehead atoms. The smallest absolute Gasteiger partial charge is 0.307 e. The molecule has 0 saturated heterocycles. The van der Waals surface area contributed by atoms with Crippen LogP contribution in [-0.2, 0) is 22.6 Å². The number of benzene rings is 2. The average molecular weight is 455 g/mol. The Morgan fingerprint density at radius 3 is 2.21 bits per heavy atom. The number of pyridine rings is 1. The van der Waals surface area contributed by atoms with Gasteiger partial charge in [0, 0.05) is 37.3 Å². The normalized spacial score (nSPS) is 19.3. The van der Waals surface area contributed by atoms with Crippen molar-refractivity contribution in [3.8, 4) is 11.1 Å². The Morgan fingerprint density at radius 2 is 1.65 bits per heavy atom. The minimum absolute atomic E-state index is 0.152. The van der Waals surface area contributed by atoms with Crippen molar-refractivity contribution >= 4 is 11.9 Å². The van der Waals surface area contributed by atoms with Crippen LogP contribution < -0.4 is 0 Å². The maximum Gasteiger partial charge on any atom is 0.307 e. The number of rotatable bonds is 9. The van der Waals surface area contributed by atoms with Gasteiger partial charge in [0.15, 0.2) is 0 Å². The zero-order chi connectivity index (χ0) is 23.5. The fourth-order valence-corrected chi connectivity index (χ4v) is 4.76. The molecule has 2 aliphatic carbocycles. The van der Waals surface area contributed by atoms with E-state index >= 15 is 0 Å². The third-order valence-electron chi connectivity index (χ3n) is 7.24. The zero-order valence-electron chi connectivity index (χ0n) is 19.3. The van der Waals surface area contributed by atoms with E-state index in [1.807, 2.05) is 35.2 Å². The van der Waals surface area contributed by atoms with Gasteiger partial charge in [0.05, 0.1) is 5.92 Å². The highest BCUT2D eigenvalue weighted by molar-refractivity contribution is 5.79. The number of carbonyl (C=O) groups excluding carboxylic acids is 1. The second kappa shape index (κ2) is 9.80. The van der Waals surface area contributed by atoms with E-state index in [9.17, 15) is 9.59 Å². The molecule has 5 rings (SSSR count). The second-order valence-corrected chi connectivity index (χ2v) is 9.56. The summed E-state index contributed by atoms with van der Waals surface area (Å²) >= 11 is 0. The summed E-state index contributed by atoms with van der Waals surface area (Å²) in [4.78, 5) is 30.6. The van der Waals surface area contributed by atoms with Gasteiger partial charge in [0.2, 0.25) is 5.91 Å². The molecule has 5 heteroatoms. The first-order chi connectivity index (χ1) is 16.6. The molecule has 0 unspecified atom stereocenters. The van der Waals surface area contributed by atoms with Gasteiger partial charge in [-0.3, -0.25) is 14.6 Å². The van der Waals surface area contributed by atoms with E-state index in [4.69, 9.17) is 5.11 Å². The van der Waals surface area contributed by atoms with Gasteiger partial charge in [0.1, 0.15) is 0 Å². The Bertz CT molecular complexity index is 1140. The fraction of sp³-hybridized carbons (Fsp3) is 0.345. The van der Waals surface area contributed by atoms with Crippen molar-refractivity contribution in [2.24, 2.45) is 11.8 Å². The summed E-state index contributed by atoms with van der Waals surface area (Å²) in [5, 5.41) is 9.15. The molecule has 2 atom stereocenters. The number of aromatic nitrogens is 1. The van der Waals surface area contributed by atoms with E-state index in [2.05, 4.69) is 41.4 Å². The second-order valence-electron chi connectivity index (χ2n) is 9.56. The topological polar surface area (TPSA) is 70.5 Å². The van der Waals surface area contributed by atoms with Crippen LogP contribution in [-0.4, -0.2) is 33.4 Å². The maximum atomic E-state index is 13.1. The number of carbonyl (C=O) groups is 2. The number of carboxylic acid groups (broad SMARTS) is 1.